The van der Waals surface area contributed by atoms with Crippen LogP contribution in [-0.4, -0.2) is 23.1 Å². The second-order valence-electron chi connectivity index (χ2n) is 6.46. The molecule has 0 aliphatic carbocycles. The lowest BCUT2D eigenvalue weighted by molar-refractivity contribution is -0.142. The zero-order valence-corrected chi connectivity index (χ0v) is 16.1. The highest BCUT2D eigenvalue weighted by atomic mass is 19.1. The predicted molar refractivity (Wildman–Crippen MR) is 107 cm³/mol. The molecule has 150 valence electrons. The number of anilines is 1. The number of para-hydroxylation sites is 1. The quantitative estimate of drug-likeness (QED) is 0.482. The number of carbonyl (C=O) groups excluding carboxylic acids is 2. The topological polar surface area (TPSA) is 73.5 Å². The van der Waals surface area contributed by atoms with Gasteiger partial charge in [0, 0.05) is 17.5 Å². The van der Waals surface area contributed by atoms with Gasteiger partial charge in [0.05, 0.1) is 18.5 Å². The van der Waals surface area contributed by atoms with E-state index in [0.29, 0.717) is 6.54 Å². The van der Waals surface area contributed by atoms with Crippen molar-refractivity contribution in [2.45, 2.75) is 20.4 Å². The van der Waals surface area contributed by atoms with Crippen molar-refractivity contribution in [1.29, 1.82) is 0 Å². The highest BCUT2D eigenvalue weighted by Gasteiger charge is 2.11. The molecule has 0 atom stereocenters. The number of halogens is 1. The molecule has 1 N–H and O–H groups in total. The maximum Gasteiger partial charge on any atom is 0.331 e. The number of hydrogen-bond donors (Lipinski definition) is 1. The van der Waals surface area contributed by atoms with Gasteiger partial charge >= 0.3 is 5.97 Å². The summed E-state index contributed by atoms with van der Waals surface area (Å²) in [7, 11) is 0. The van der Waals surface area contributed by atoms with Crippen molar-refractivity contribution in [3.8, 4) is 0 Å². The number of ether oxygens (including phenoxy) is 1. The Morgan fingerprint density at radius 3 is 2.72 bits per heavy atom. The summed E-state index contributed by atoms with van der Waals surface area (Å²) < 4.78 is 25.9. The molecule has 0 aliphatic rings. The zero-order valence-electron chi connectivity index (χ0n) is 16.1. The maximum atomic E-state index is 13.5. The summed E-state index contributed by atoms with van der Waals surface area (Å²) in [6, 6.07) is 11.4. The van der Waals surface area contributed by atoms with Crippen molar-refractivity contribution in [1.82, 2.24) is 4.57 Å². The number of nitrogens with one attached hydrogen (secondary N) is 1. The van der Waals surface area contributed by atoms with Gasteiger partial charge in [-0.15, -0.1) is 0 Å². The molecule has 0 saturated heterocycles. The van der Waals surface area contributed by atoms with E-state index in [2.05, 4.69) is 9.88 Å². The Morgan fingerprint density at radius 1 is 1.21 bits per heavy atom. The van der Waals surface area contributed by atoms with E-state index in [1.54, 1.807) is 18.4 Å². The minimum atomic E-state index is -0.662. The van der Waals surface area contributed by atoms with Crippen molar-refractivity contribution in [2.24, 2.45) is 0 Å². The lowest BCUT2D eigenvalue weighted by Crippen LogP contribution is -2.20. The van der Waals surface area contributed by atoms with Gasteiger partial charge in [0.2, 0.25) is 0 Å². The zero-order chi connectivity index (χ0) is 20.8. The molecule has 6 nitrogen and oxygen atoms in total. The van der Waals surface area contributed by atoms with E-state index in [9.17, 15) is 14.0 Å². The van der Waals surface area contributed by atoms with Crippen LogP contribution in [0.5, 0.6) is 0 Å². The lowest BCUT2D eigenvalue weighted by atomic mass is 10.2. The highest BCUT2D eigenvalue weighted by Crippen LogP contribution is 2.19. The average Bonchev–Trinajstić information content (AvgIpc) is 3.30. The van der Waals surface area contributed by atoms with Crippen molar-refractivity contribution in [3.05, 3.63) is 83.3 Å². The SMILES string of the molecule is Cc1cc(/C=C/C(=O)OCC(=O)Nc2ccccc2F)c(C)n1Cc1ccco1. The fourth-order valence-corrected chi connectivity index (χ4v) is 2.89. The Bertz CT molecular complexity index is 1040. The summed E-state index contributed by atoms with van der Waals surface area (Å²) in [5.74, 6) is -1.00. The molecular weight excluding hydrogens is 375 g/mol. The normalized spacial score (nSPS) is 11.0. The summed E-state index contributed by atoms with van der Waals surface area (Å²) in [6.45, 7) is 4.01. The molecule has 3 aromatic rings. The number of nitrogens with zero attached hydrogens (tertiary/aromatic N) is 1. The van der Waals surface area contributed by atoms with E-state index in [1.165, 1.54) is 24.3 Å². The van der Waals surface area contributed by atoms with Crippen molar-refractivity contribution in [3.63, 3.8) is 0 Å². The maximum absolute atomic E-state index is 13.5. The molecule has 0 bridgehead atoms. The van der Waals surface area contributed by atoms with Crippen LogP contribution in [0.2, 0.25) is 0 Å². The third-order valence-electron chi connectivity index (χ3n) is 4.40. The summed E-state index contributed by atoms with van der Waals surface area (Å²) in [5.41, 5.74) is 2.89. The number of benzene rings is 1. The summed E-state index contributed by atoms with van der Waals surface area (Å²) in [5, 5.41) is 2.35. The molecule has 0 spiro atoms. The van der Waals surface area contributed by atoms with Crippen LogP contribution in [0.1, 0.15) is 22.7 Å². The first-order valence-corrected chi connectivity index (χ1v) is 9.02. The van der Waals surface area contributed by atoms with Crippen LogP contribution >= 0.6 is 0 Å². The molecule has 7 heteroatoms. The second-order valence-corrected chi connectivity index (χ2v) is 6.46. The number of rotatable bonds is 7. The first kappa shape index (κ1) is 20.1. The van der Waals surface area contributed by atoms with Crippen LogP contribution in [0.15, 0.2) is 59.2 Å². The summed E-state index contributed by atoms with van der Waals surface area (Å²) in [6.07, 6.45) is 4.52. The molecule has 1 aromatic carbocycles. The second kappa shape index (κ2) is 9.05. The molecule has 29 heavy (non-hydrogen) atoms. The van der Waals surface area contributed by atoms with Gasteiger partial charge < -0.3 is 19.0 Å². The van der Waals surface area contributed by atoms with Crippen LogP contribution in [0, 0.1) is 19.7 Å². The van der Waals surface area contributed by atoms with Gasteiger partial charge in [0.15, 0.2) is 6.61 Å². The van der Waals surface area contributed by atoms with Gasteiger partial charge in [-0.05, 0) is 55.8 Å². The number of aryl methyl sites for hydroxylation is 1. The molecule has 3 rings (SSSR count). The van der Waals surface area contributed by atoms with Gasteiger partial charge in [-0.1, -0.05) is 12.1 Å². The Morgan fingerprint density at radius 2 is 2.00 bits per heavy atom. The molecule has 1 amide bonds. The number of hydrogen-bond acceptors (Lipinski definition) is 4. The third kappa shape index (κ3) is 5.22. The van der Waals surface area contributed by atoms with E-state index in [4.69, 9.17) is 9.15 Å². The minimum Gasteiger partial charge on any atom is -0.467 e. The third-order valence-corrected chi connectivity index (χ3v) is 4.40. The molecular formula is C22H21FN2O4. The fraction of sp³-hybridized carbons (Fsp3) is 0.182. The molecule has 0 aliphatic heterocycles. The van der Waals surface area contributed by atoms with Crippen molar-refractivity contribution >= 4 is 23.6 Å². The fourth-order valence-electron chi connectivity index (χ4n) is 2.89. The van der Waals surface area contributed by atoms with Crippen molar-refractivity contribution in [2.75, 3.05) is 11.9 Å². The number of furan rings is 1. The summed E-state index contributed by atoms with van der Waals surface area (Å²) >= 11 is 0. The molecule has 2 aromatic heterocycles. The van der Waals surface area contributed by atoms with E-state index >= 15 is 0 Å². The monoisotopic (exact) mass is 396 g/mol. The average molecular weight is 396 g/mol. The van der Waals surface area contributed by atoms with Gasteiger partial charge in [-0.3, -0.25) is 4.79 Å². The molecule has 0 unspecified atom stereocenters. The molecule has 0 radical (unpaired) electrons. The van der Waals surface area contributed by atoms with Crippen LogP contribution in [0.4, 0.5) is 10.1 Å². The van der Waals surface area contributed by atoms with Gasteiger partial charge in [0.25, 0.3) is 5.91 Å². The lowest BCUT2D eigenvalue weighted by Gasteiger charge is -2.07. The summed E-state index contributed by atoms with van der Waals surface area (Å²) in [4.78, 5) is 23.7. The van der Waals surface area contributed by atoms with Crippen molar-refractivity contribution < 1.29 is 23.1 Å². The van der Waals surface area contributed by atoms with Gasteiger partial charge in [-0.2, -0.15) is 0 Å². The van der Waals surface area contributed by atoms with Crippen LogP contribution in [0.25, 0.3) is 6.08 Å². The standard InChI is InChI=1S/C22H21FN2O4/c1-15-12-17(16(2)25(15)13-18-6-5-11-28-18)9-10-22(27)29-14-21(26)24-20-8-4-3-7-19(20)23/h3-12H,13-14H2,1-2H3,(H,24,26)/b10-9+. The van der Waals surface area contributed by atoms with Gasteiger partial charge in [0.1, 0.15) is 11.6 Å². The van der Waals surface area contributed by atoms with Crippen LogP contribution < -0.4 is 5.32 Å². The van der Waals surface area contributed by atoms with Crippen LogP contribution in [0.3, 0.4) is 0 Å². The first-order chi connectivity index (χ1) is 13.9. The van der Waals surface area contributed by atoms with Gasteiger partial charge in [-0.25, -0.2) is 9.18 Å². The Hall–Kier alpha value is -3.61. The Labute approximate surface area is 167 Å². The minimum absolute atomic E-state index is 0.0353. The van der Waals surface area contributed by atoms with E-state index in [-0.39, 0.29) is 5.69 Å². The Balaban J connectivity index is 1.55. The van der Waals surface area contributed by atoms with Crippen LogP contribution in [-0.2, 0) is 20.9 Å². The molecule has 0 fully saturated rings. The predicted octanol–water partition coefficient (Wildman–Crippen LogP) is 4.08. The largest absolute Gasteiger partial charge is 0.467 e. The van der Waals surface area contributed by atoms with E-state index in [1.807, 2.05) is 32.0 Å². The van der Waals surface area contributed by atoms with E-state index < -0.39 is 24.3 Å². The molecule has 2 heterocycles. The number of aromatic nitrogens is 1. The first-order valence-electron chi connectivity index (χ1n) is 9.02. The number of esters is 1. The Kier molecular flexibility index (Phi) is 6.29. The number of carbonyl (C=O) groups is 2. The smallest absolute Gasteiger partial charge is 0.331 e. The van der Waals surface area contributed by atoms with E-state index in [0.717, 1.165) is 22.7 Å². The number of amides is 1. The molecule has 0 saturated carbocycles. The highest BCUT2D eigenvalue weighted by molar-refractivity contribution is 5.94.